The zero-order valence-corrected chi connectivity index (χ0v) is 13.0. The molecular formula is C5H3I3N4O2. The molecule has 0 aromatic carbocycles. The molecule has 0 amide bonds. The number of nitro groups is 1. The zero-order chi connectivity index (χ0) is 10.7. The summed E-state index contributed by atoms with van der Waals surface area (Å²) >= 11 is 6.43. The molecule has 1 heterocycles. The van der Waals surface area contributed by atoms with Crippen LogP contribution in [0.4, 0.5) is 5.95 Å². The van der Waals surface area contributed by atoms with Crippen molar-refractivity contribution in [2.75, 3.05) is 0 Å². The normalized spacial score (nSPS) is 9.93. The van der Waals surface area contributed by atoms with Gasteiger partial charge < -0.3 is 10.1 Å². The number of allylic oxidation sites excluding steroid dienone is 1. The predicted molar refractivity (Wildman–Crippen MR) is 75.8 cm³/mol. The summed E-state index contributed by atoms with van der Waals surface area (Å²) < 4.78 is 3.32. The molecule has 0 aliphatic rings. The van der Waals surface area contributed by atoms with Crippen molar-refractivity contribution in [2.24, 2.45) is 0 Å². The van der Waals surface area contributed by atoms with Crippen LogP contribution in [0.5, 0.6) is 0 Å². The lowest BCUT2D eigenvalue weighted by Gasteiger charge is -1.98. The first-order valence-corrected chi connectivity index (χ1v) is 6.48. The molecule has 76 valence electrons. The van der Waals surface area contributed by atoms with Crippen LogP contribution in [0.3, 0.4) is 0 Å². The van der Waals surface area contributed by atoms with Crippen LogP contribution < -0.4 is 0 Å². The van der Waals surface area contributed by atoms with E-state index < -0.39 is 4.92 Å². The molecule has 0 unspecified atom stereocenters. The van der Waals surface area contributed by atoms with E-state index in [1.807, 2.05) is 0 Å². The van der Waals surface area contributed by atoms with Gasteiger partial charge in [-0.15, -0.1) is 4.68 Å². The van der Waals surface area contributed by atoms with Gasteiger partial charge in [0.05, 0.1) is 1.59 Å². The summed E-state index contributed by atoms with van der Waals surface area (Å²) in [4.78, 5) is 13.5. The maximum absolute atomic E-state index is 10.5. The Balaban J connectivity index is 2.93. The van der Waals surface area contributed by atoms with Gasteiger partial charge in [-0.3, -0.25) is 0 Å². The molecule has 9 heteroatoms. The van der Waals surface area contributed by atoms with Crippen molar-refractivity contribution >= 4 is 73.7 Å². The Hall–Kier alpha value is 0.470. The zero-order valence-electron chi connectivity index (χ0n) is 6.52. The summed E-state index contributed by atoms with van der Waals surface area (Å²) in [6.07, 6.45) is 1.18. The summed E-state index contributed by atoms with van der Waals surface area (Å²) in [6.45, 7) is 0.387. The van der Waals surface area contributed by atoms with E-state index in [1.54, 1.807) is 0 Å². The van der Waals surface area contributed by atoms with Crippen LogP contribution in [-0.4, -0.2) is 19.7 Å². The third kappa shape index (κ3) is 3.25. The molecule has 6 nitrogen and oxygen atoms in total. The molecule has 0 spiro atoms. The number of aromatic nitrogens is 3. The van der Waals surface area contributed by atoms with Gasteiger partial charge >= 0.3 is 5.95 Å². The van der Waals surface area contributed by atoms with Gasteiger partial charge in [0.2, 0.25) is 6.33 Å². The SMILES string of the molecule is O=[N+]([O-])c1ncnn1CC(I)=C(I)I. The summed E-state index contributed by atoms with van der Waals surface area (Å²) in [5, 5.41) is 14.3. The van der Waals surface area contributed by atoms with E-state index in [0.717, 1.165) is 5.17 Å². The quantitative estimate of drug-likeness (QED) is 0.342. The van der Waals surface area contributed by atoms with E-state index in [9.17, 15) is 10.1 Å². The fourth-order valence-electron chi connectivity index (χ4n) is 0.702. The molecule has 0 saturated carbocycles. The van der Waals surface area contributed by atoms with Gasteiger partial charge in [0.1, 0.15) is 6.54 Å². The topological polar surface area (TPSA) is 73.8 Å². The summed E-state index contributed by atoms with van der Waals surface area (Å²) in [7, 11) is 0. The summed E-state index contributed by atoms with van der Waals surface area (Å²) in [5.74, 6) is -0.229. The highest BCUT2D eigenvalue weighted by Gasteiger charge is 2.16. The molecule has 0 fully saturated rings. The lowest BCUT2D eigenvalue weighted by molar-refractivity contribution is -0.397. The smallest absolute Gasteiger partial charge is 0.390 e. The molecule has 14 heavy (non-hydrogen) atoms. The second-order valence-electron chi connectivity index (χ2n) is 2.14. The van der Waals surface area contributed by atoms with Gasteiger partial charge in [-0.2, -0.15) is 0 Å². The van der Waals surface area contributed by atoms with E-state index in [1.165, 1.54) is 11.0 Å². The average molecular weight is 532 g/mol. The van der Waals surface area contributed by atoms with Crippen molar-refractivity contribution in [3.8, 4) is 0 Å². The molecule has 0 atom stereocenters. The molecule has 0 bridgehead atoms. The number of halogens is 3. The molecule has 0 radical (unpaired) electrons. The third-order valence-electron chi connectivity index (χ3n) is 1.25. The first kappa shape index (κ1) is 12.5. The van der Waals surface area contributed by atoms with Crippen LogP contribution in [0.1, 0.15) is 0 Å². The van der Waals surface area contributed by atoms with Gasteiger partial charge in [-0.1, -0.05) is 10.1 Å². The van der Waals surface area contributed by atoms with Crippen LogP contribution in [0.2, 0.25) is 0 Å². The maximum Gasteiger partial charge on any atom is 0.455 e. The minimum atomic E-state index is -0.545. The minimum absolute atomic E-state index is 0.229. The summed E-state index contributed by atoms with van der Waals surface area (Å²) in [6, 6.07) is 0. The Kier molecular flexibility index (Phi) is 4.95. The Morgan fingerprint density at radius 2 is 2.21 bits per heavy atom. The molecule has 1 rings (SSSR count). The molecule has 0 aliphatic heterocycles. The Morgan fingerprint density at radius 1 is 1.57 bits per heavy atom. The van der Waals surface area contributed by atoms with Crippen molar-refractivity contribution in [1.82, 2.24) is 14.8 Å². The van der Waals surface area contributed by atoms with Gasteiger partial charge in [0.15, 0.2) is 0 Å². The van der Waals surface area contributed by atoms with Gasteiger partial charge in [0, 0.05) is 3.58 Å². The van der Waals surface area contributed by atoms with Crippen LogP contribution >= 0.6 is 67.8 Å². The van der Waals surface area contributed by atoms with Crippen LogP contribution in [0, 0.1) is 10.1 Å². The van der Waals surface area contributed by atoms with E-state index in [0.29, 0.717) is 6.54 Å². The summed E-state index contributed by atoms with van der Waals surface area (Å²) in [5.41, 5.74) is 0. The minimum Gasteiger partial charge on any atom is -0.390 e. The van der Waals surface area contributed by atoms with Gasteiger partial charge in [-0.05, 0) is 72.7 Å². The molecule has 1 aromatic rings. The highest BCUT2D eigenvalue weighted by Crippen LogP contribution is 2.27. The highest BCUT2D eigenvalue weighted by atomic mass is 127. The first-order chi connectivity index (χ1) is 6.52. The molecule has 0 saturated heterocycles. The van der Waals surface area contributed by atoms with Crippen molar-refractivity contribution in [3.05, 3.63) is 21.6 Å². The average Bonchev–Trinajstić information content (AvgIpc) is 2.52. The fourth-order valence-corrected chi connectivity index (χ4v) is 1.37. The van der Waals surface area contributed by atoms with Crippen molar-refractivity contribution in [2.45, 2.75) is 6.54 Å². The monoisotopic (exact) mass is 532 g/mol. The highest BCUT2D eigenvalue weighted by molar-refractivity contribution is 14.2. The Morgan fingerprint density at radius 3 is 2.71 bits per heavy atom. The van der Waals surface area contributed by atoms with E-state index in [2.05, 4.69) is 77.9 Å². The predicted octanol–water partition coefficient (Wildman–Crippen LogP) is 2.66. The van der Waals surface area contributed by atoms with Crippen molar-refractivity contribution in [3.63, 3.8) is 0 Å². The third-order valence-corrected chi connectivity index (χ3v) is 5.50. The molecule has 0 N–H and O–H groups in total. The lowest BCUT2D eigenvalue weighted by Crippen LogP contribution is -2.05. The maximum atomic E-state index is 10.5. The standard InChI is InChI=1S/C5H3I3N4O2/c6-3(4(7)8)1-11-5(12(13)14)9-2-10-11/h2H,1H2. The Bertz CT molecular complexity index is 384. The van der Waals surface area contributed by atoms with E-state index >= 15 is 0 Å². The van der Waals surface area contributed by atoms with Crippen LogP contribution in [0.25, 0.3) is 0 Å². The first-order valence-electron chi connectivity index (χ1n) is 3.24. The Labute approximate surface area is 120 Å². The number of nitrogens with zero attached hydrogens (tertiary/aromatic N) is 4. The molecular weight excluding hydrogens is 529 g/mol. The van der Waals surface area contributed by atoms with Crippen molar-refractivity contribution in [1.29, 1.82) is 0 Å². The number of hydrogen-bond acceptors (Lipinski definition) is 4. The molecule has 1 aromatic heterocycles. The largest absolute Gasteiger partial charge is 0.455 e. The molecule has 0 aliphatic carbocycles. The second kappa shape index (κ2) is 5.53. The van der Waals surface area contributed by atoms with Gasteiger partial charge in [0.25, 0.3) is 0 Å². The van der Waals surface area contributed by atoms with Crippen LogP contribution in [-0.2, 0) is 6.54 Å². The van der Waals surface area contributed by atoms with E-state index in [4.69, 9.17) is 0 Å². The van der Waals surface area contributed by atoms with Gasteiger partial charge in [-0.25, -0.2) is 0 Å². The van der Waals surface area contributed by atoms with E-state index in [-0.39, 0.29) is 5.95 Å². The number of hydrogen-bond donors (Lipinski definition) is 0. The van der Waals surface area contributed by atoms with Crippen molar-refractivity contribution < 1.29 is 4.92 Å². The van der Waals surface area contributed by atoms with Crippen LogP contribution in [0.15, 0.2) is 11.5 Å². The number of rotatable bonds is 3. The second-order valence-corrected chi connectivity index (χ2v) is 7.66. The lowest BCUT2D eigenvalue weighted by atomic mass is 10.6. The fraction of sp³-hybridized carbons (Fsp3) is 0.200.